The van der Waals surface area contributed by atoms with Gasteiger partial charge in [0.15, 0.2) is 0 Å². The SMILES string of the molecule is Cc1cc(N)c(C)c(S(=O)(=O)N2CCCC3CCCC32)c1. The third-order valence-electron chi connectivity index (χ3n) is 5.07. The maximum atomic E-state index is 13.1. The highest BCUT2D eigenvalue weighted by molar-refractivity contribution is 7.89. The third kappa shape index (κ3) is 2.46. The van der Waals surface area contributed by atoms with E-state index in [4.69, 9.17) is 5.73 Å². The first kappa shape index (κ1) is 14.9. The van der Waals surface area contributed by atoms with Crippen molar-refractivity contribution in [3.8, 4) is 0 Å². The largest absolute Gasteiger partial charge is 0.398 e. The third-order valence-corrected chi connectivity index (χ3v) is 7.12. The van der Waals surface area contributed by atoms with E-state index in [9.17, 15) is 8.42 Å². The molecule has 0 radical (unpaired) electrons. The fraction of sp³-hybridized carbons (Fsp3) is 0.625. The number of rotatable bonds is 2. The summed E-state index contributed by atoms with van der Waals surface area (Å²) in [5.74, 6) is 0.552. The van der Waals surface area contributed by atoms with Gasteiger partial charge in [-0.25, -0.2) is 8.42 Å². The number of benzene rings is 1. The van der Waals surface area contributed by atoms with E-state index in [-0.39, 0.29) is 6.04 Å². The molecule has 3 rings (SSSR count). The molecule has 2 N–H and O–H groups in total. The lowest BCUT2D eigenvalue weighted by molar-refractivity contribution is 0.202. The van der Waals surface area contributed by atoms with Crippen molar-refractivity contribution >= 4 is 15.7 Å². The normalized spacial score (nSPS) is 26.8. The molecule has 4 nitrogen and oxygen atoms in total. The van der Waals surface area contributed by atoms with E-state index in [1.54, 1.807) is 17.3 Å². The first-order valence-corrected chi connectivity index (χ1v) is 9.24. The zero-order chi connectivity index (χ0) is 15.2. The molecular weight excluding hydrogens is 284 g/mol. The molecule has 1 aliphatic carbocycles. The lowest BCUT2D eigenvalue weighted by Crippen LogP contribution is -2.46. The van der Waals surface area contributed by atoms with Crippen LogP contribution in [0.4, 0.5) is 5.69 Å². The molecule has 0 amide bonds. The first-order chi connectivity index (χ1) is 9.91. The van der Waals surface area contributed by atoms with Crippen LogP contribution in [-0.4, -0.2) is 25.3 Å². The fourth-order valence-electron chi connectivity index (χ4n) is 3.95. The van der Waals surface area contributed by atoms with Gasteiger partial charge in [0.2, 0.25) is 10.0 Å². The zero-order valence-corrected chi connectivity index (χ0v) is 13.6. The number of nitrogens with two attached hydrogens (primary N) is 1. The Kier molecular flexibility index (Phi) is 3.74. The molecule has 2 aliphatic rings. The summed E-state index contributed by atoms with van der Waals surface area (Å²) in [6, 6.07) is 3.80. The molecule has 1 aromatic rings. The molecule has 1 heterocycles. The van der Waals surface area contributed by atoms with Crippen molar-refractivity contribution in [2.24, 2.45) is 5.92 Å². The molecule has 2 fully saturated rings. The second-order valence-corrected chi connectivity index (χ2v) is 8.35. The van der Waals surface area contributed by atoms with Gasteiger partial charge in [0.1, 0.15) is 0 Å². The summed E-state index contributed by atoms with van der Waals surface area (Å²) in [6.07, 6.45) is 5.47. The van der Waals surface area contributed by atoms with Crippen LogP contribution in [0.1, 0.15) is 43.2 Å². The van der Waals surface area contributed by atoms with Crippen molar-refractivity contribution in [2.45, 2.75) is 56.9 Å². The number of piperidine rings is 1. The van der Waals surface area contributed by atoms with E-state index in [0.29, 0.717) is 28.6 Å². The molecule has 1 aliphatic heterocycles. The lowest BCUT2D eigenvalue weighted by atomic mass is 9.94. The number of sulfonamides is 1. The predicted molar refractivity (Wildman–Crippen MR) is 84.6 cm³/mol. The lowest BCUT2D eigenvalue weighted by Gasteiger charge is -2.37. The Morgan fingerprint density at radius 2 is 1.86 bits per heavy atom. The van der Waals surface area contributed by atoms with Crippen molar-refractivity contribution in [1.82, 2.24) is 4.31 Å². The van der Waals surface area contributed by atoms with E-state index in [1.807, 2.05) is 13.0 Å². The zero-order valence-electron chi connectivity index (χ0n) is 12.8. The number of nitrogen functional groups attached to an aromatic ring is 1. The Bertz CT molecular complexity index is 654. The van der Waals surface area contributed by atoms with Gasteiger partial charge in [-0.3, -0.25) is 0 Å². The van der Waals surface area contributed by atoms with Crippen molar-refractivity contribution in [3.63, 3.8) is 0 Å². The number of aryl methyl sites for hydroxylation is 1. The van der Waals surface area contributed by atoms with Crippen LogP contribution in [0.5, 0.6) is 0 Å². The molecule has 1 aromatic carbocycles. The van der Waals surface area contributed by atoms with Crippen LogP contribution in [0, 0.1) is 19.8 Å². The Morgan fingerprint density at radius 3 is 2.62 bits per heavy atom. The number of anilines is 1. The van der Waals surface area contributed by atoms with Crippen molar-refractivity contribution < 1.29 is 8.42 Å². The van der Waals surface area contributed by atoms with Crippen molar-refractivity contribution in [1.29, 1.82) is 0 Å². The fourth-order valence-corrected chi connectivity index (χ4v) is 6.05. The molecule has 1 saturated heterocycles. The van der Waals surface area contributed by atoms with Crippen LogP contribution in [0.2, 0.25) is 0 Å². The van der Waals surface area contributed by atoms with E-state index < -0.39 is 10.0 Å². The molecule has 0 aromatic heterocycles. The summed E-state index contributed by atoms with van der Waals surface area (Å²) < 4.78 is 28.0. The minimum absolute atomic E-state index is 0.199. The van der Waals surface area contributed by atoms with Gasteiger partial charge in [-0.1, -0.05) is 6.42 Å². The smallest absolute Gasteiger partial charge is 0.243 e. The summed E-state index contributed by atoms with van der Waals surface area (Å²) in [5, 5.41) is 0. The van der Waals surface area contributed by atoms with Crippen LogP contribution in [0.3, 0.4) is 0 Å². The Labute approximate surface area is 127 Å². The molecule has 0 bridgehead atoms. The molecular formula is C16H24N2O2S. The van der Waals surface area contributed by atoms with Crippen LogP contribution < -0.4 is 5.73 Å². The van der Waals surface area contributed by atoms with E-state index in [0.717, 1.165) is 24.8 Å². The molecule has 1 saturated carbocycles. The maximum absolute atomic E-state index is 13.1. The average molecular weight is 308 g/mol. The summed E-state index contributed by atoms with van der Waals surface area (Å²) >= 11 is 0. The van der Waals surface area contributed by atoms with Gasteiger partial charge in [-0.15, -0.1) is 0 Å². The molecule has 2 unspecified atom stereocenters. The van der Waals surface area contributed by atoms with Crippen LogP contribution in [-0.2, 0) is 10.0 Å². The minimum Gasteiger partial charge on any atom is -0.398 e. The van der Waals surface area contributed by atoms with Crippen molar-refractivity contribution in [2.75, 3.05) is 12.3 Å². The van der Waals surface area contributed by atoms with Gasteiger partial charge in [-0.2, -0.15) is 4.31 Å². The summed E-state index contributed by atoms with van der Waals surface area (Å²) in [6.45, 7) is 4.35. The van der Waals surface area contributed by atoms with E-state index in [2.05, 4.69) is 0 Å². The van der Waals surface area contributed by atoms with Crippen LogP contribution in [0.25, 0.3) is 0 Å². The van der Waals surface area contributed by atoms with Crippen LogP contribution >= 0.6 is 0 Å². The number of hydrogen-bond donors (Lipinski definition) is 1. The minimum atomic E-state index is -3.44. The average Bonchev–Trinajstić information content (AvgIpc) is 2.90. The molecule has 0 spiro atoms. The highest BCUT2D eigenvalue weighted by atomic mass is 32.2. The van der Waals surface area contributed by atoms with E-state index >= 15 is 0 Å². The number of nitrogens with zero attached hydrogens (tertiary/aromatic N) is 1. The maximum Gasteiger partial charge on any atom is 0.243 e. The standard InChI is InChI=1S/C16H24N2O2S/c1-11-9-14(17)12(2)16(10-11)21(19,20)18-8-4-6-13-5-3-7-15(13)18/h9-10,13,15H,3-8,17H2,1-2H3. The number of fused-ring (bicyclic) bond motifs is 1. The number of hydrogen-bond acceptors (Lipinski definition) is 3. The predicted octanol–water partition coefficient (Wildman–Crippen LogP) is 2.84. The molecule has 2 atom stereocenters. The van der Waals surface area contributed by atoms with Gasteiger partial charge >= 0.3 is 0 Å². The van der Waals surface area contributed by atoms with Gasteiger partial charge in [0.05, 0.1) is 4.90 Å². The second-order valence-electron chi connectivity index (χ2n) is 6.49. The summed E-state index contributed by atoms with van der Waals surface area (Å²) in [7, 11) is -3.44. The second kappa shape index (κ2) is 5.29. The Hall–Kier alpha value is -1.07. The Balaban J connectivity index is 2.04. The molecule has 116 valence electrons. The summed E-state index contributed by atoms with van der Waals surface area (Å²) in [5.41, 5.74) is 8.12. The topological polar surface area (TPSA) is 63.4 Å². The Morgan fingerprint density at radius 1 is 1.14 bits per heavy atom. The van der Waals surface area contributed by atoms with Gasteiger partial charge in [0, 0.05) is 18.3 Å². The molecule has 5 heteroatoms. The first-order valence-electron chi connectivity index (χ1n) is 7.80. The van der Waals surface area contributed by atoms with Gasteiger partial charge in [-0.05, 0) is 68.7 Å². The molecule has 21 heavy (non-hydrogen) atoms. The van der Waals surface area contributed by atoms with Crippen molar-refractivity contribution in [3.05, 3.63) is 23.3 Å². The quantitative estimate of drug-likeness (QED) is 0.855. The van der Waals surface area contributed by atoms with Crippen LogP contribution in [0.15, 0.2) is 17.0 Å². The highest BCUT2D eigenvalue weighted by Gasteiger charge is 2.41. The summed E-state index contributed by atoms with van der Waals surface area (Å²) in [4.78, 5) is 0.396. The monoisotopic (exact) mass is 308 g/mol. The van der Waals surface area contributed by atoms with Gasteiger partial charge in [0.25, 0.3) is 0 Å². The van der Waals surface area contributed by atoms with Gasteiger partial charge < -0.3 is 5.73 Å². The van der Waals surface area contributed by atoms with E-state index in [1.165, 1.54) is 12.8 Å². The highest BCUT2D eigenvalue weighted by Crippen LogP contribution is 2.40.